The van der Waals surface area contributed by atoms with Gasteiger partial charge < -0.3 is 4.74 Å². The standard InChI is InChI=1S/C10H12N4OS/c1-15-9-5-7(12-6-13-9)10(14-11)8-3-2-4-16-8/h2-6,10,14H,11H2,1H3. The van der Waals surface area contributed by atoms with E-state index >= 15 is 0 Å². The summed E-state index contributed by atoms with van der Waals surface area (Å²) >= 11 is 1.62. The van der Waals surface area contributed by atoms with E-state index in [1.807, 2.05) is 17.5 Å². The average Bonchev–Trinajstić information content (AvgIpc) is 2.84. The fraction of sp³-hybridized carbons (Fsp3) is 0.200. The van der Waals surface area contributed by atoms with Crippen LogP contribution in [0.2, 0.25) is 0 Å². The van der Waals surface area contributed by atoms with Crippen LogP contribution in [0.25, 0.3) is 0 Å². The fourth-order valence-corrected chi connectivity index (χ4v) is 2.19. The molecule has 5 nitrogen and oxygen atoms in total. The van der Waals surface area contributed by atoms with Crippen LogP contribution >= 0.6 is 11.3 Å². The van der Waals surface area contributed by atoms with Crippen LogP contribution in [0.15, 0.2) is 29.9 Å². The van der Waals surface area contributed by atoms with Gasteiger partial charge in [0.25, 0.3) is 0 Å². The molecule has 0 saturated heterocycles. The van der Waals surface area contributed by atoms with E-state index in [0.717, 1.165) is 10.6 Å². The number of ether oxygens (including phenoxy) is 1. The number of hydrazine groups is 1. The molecule has 0 spiro atoms. The Bertz CT molecular complexity index is 446. The number of methoxy groups -OCH3 is 1. The lowest BCUT2D eigenvalue weighted by atomic mass is 10.2. The smallest absolute Gasteiger partial charge is 0.216 e. The third-order valence-corrected chi connectivity index (χ3v) is 3.10. The number of nitrogens with zero attached hydrogens (tertiary/aromatic N) is 2. The number of rotatable bonds is 4. The van der Waals surface area contributed by atoms with Crippen LogP contribution in [0.4, 0.5) is 0 Å². The molecule has 0 aliphatic rings. The van der Waals surface area contributed by atoms with E-state index in [0.29, 0.717) is 5.88 Å². The Morgan fingerprint density at radius 2 is 2.38 bits per heavy atom. The van der Waals surface area contributed by atoms with Gasteiger partial charge in [-0.05, 0) is 11.4 Å². The highest BCUT2D eigenvalue weighted by molar-refractivity contribution is 7.10. The Balaban J connectivity index is 2.33. The van der Waals surface area contributed by atoms with Gasteiger partial charge in [-0.3, -0.25) is 5.84 Å². The summed E-state index contributed by atoms with van der Waals surface area (Å²) in [7, 11) is 1.57. The number of hydrogen-bond acceptors (Lipinski definition) is 6. The largest absolute Gasteiger partial charge is 0.481 e. The maximum absolute atomic E-state index is 5.54. The van der Waals surface area contributed by atoms with Crippen LogP contribution in [-0.2, 0) is 0 Å². The molecule has 0 aliphatic heterocycles. The van der Waals surface area contributed by atoms with Crippen molar-refractivity contribution in [2.75, 3.05) is 7.11 Å². The van der Waals surface area contributed by atoms with Crippen LogP contribution < -0.4 is 16.0 Å². The third kappa shape index (κ3) is 2.19. The van der Waals surface area contributed by atoms with E-state index in [1.54, 1.807) is 24.5 Å². The second-order valence-corrected chi connectivity index (χ2v) is 4.08. The van der Waals surface area contributed by atoms with Gasteiger partial charge in [0.05, 0.1) is 18.8 Å². The molecule has 6 heteroatoms. The fourth-order valence-electron chi connectivity index (χ4n) is 1.39. The first-order valence-corrected chi connectivity index (χ1v) is 5.58. The highest BCUT2D eigenvalue weighted by Gasteiger charge is 2.15. The topological polar surface area (TPSA) is 73.1 Å². The van der Waals surface area contributed by atoms with Crippen molar-refractivity contribution in [3.05, 3.63) is 40.5 Å². The molecule has 2 aromatic heterocycles. The molecule has 3 N–H and O–H groups in total. The molecule has 0 fully saturated rings. The molecule has 0 saturated carbocycles. The maximum Gasteiger partial charge on any atom is 0.216 e. The van der Waals surface area contributed by atoms with E-state index in [9.17, 15) is 0 Å². The zero-order valence-electron chi connectivity index (χ0n) is 8.75. The van der Waals surface area contributed by atoms with Gasteiger partial charge in [0.15, 0.2) is 0 Å². The molecule has 1 atom stereocenters. The van der Waals surface area contributed by atoms with Crippen molar-refractivity contribution in [2.45, 2.75) is 6.04 Å². The van der Waals surface area contributed by atoms with Crippen LogP contribution in [0.3, 0.4) is 0 Å². The number of aromatic nitrogens is 2. The zero-order valence-corrected chi connectivity index (χ0v) is 9.57. The normalized spacial score (nSPS) is 12.4. The van der Waals surface area contributed by atoms with Crippen molar-refractivity contribution in [3.8, 4) is 5.88 Å². The Hall–Kier alpha value is -1.50. The summed E-state index contributed by atoms with van der Waals surface area (Å²) in [6.07, 6.45) is 1.46. The minimum absolute atomic E-state index is 0.128. The van der Waals surface area contributed by atoms with Crippen molar-refractivity contribution in [2.24, 2.45) is 5.84 Å². The van der Waals surface area contributed by atoms with Crippen molar-refractivity contribution in [1.82, 2.24) is 15.4 Å². The van der Waals surface area contributed by atoms with Crippen LogP contribution in [-0.4, -0.2) is 17.1 Å². The van der Waals surface area contributed by atoms with Gasteiger partial charge in [-0.15, -0.1) is 11.3 Å². The van der Waals surface area contributed by atoms with Gasteiger partial charge in [-0.25, -0.2) is 15.4 Å². The minimum atomic E-state index is -0.128. The van der Waals surface area contributed by atoms with Gasteiger partial charge in [0.2, 0.25) is 5.88 Å². The quantitative estimate of drug-likeness (QED) is 0.614. The summed E-state index contributed by atoms with van der Waals surface area (Å²) in [6.45, 7) is 0. The van der Waals surface area contributed by atoms with E-state index < -0.39 is 0 Å². The molecule has 0 aromatic carbocycles. The van der Waals surface area contributed by atoms with Crippen molar-refractivity contribution < 1.29 is 4.74 Å². The molecular weight excluding hydrogens is 224 g/mol. The first kappa shape index (κ1) is 11.0. The zero-order chi connectivity index (χ0) is 11.4. The van der Waals surface area contributed by atoms with Crippen molar-refractivity contribution >= 4 is 11.3 Å². The lowest BCUT2D eigenvalue weighted by Gasteiger charge is -2.13. The summed E-state index contributed by atoms with van der Waals surface area (Å²) in [6, 6.07) is 5.62. The summed E-state index contributed by atoms with van der Waals surface area (Å²) in [4.78, 5) is 9.25. The first-order chi connectivity index (χ1) is 7.85. The molecule has 1 unspecified atom stereocenters. The monoisotopic (exact) mass is 236 g/mol. The molecule has 0 aliphatic carbocycles. The van der Waals surface area contributed by atoms with Gasteiger partial charge in [-0.1, -0.05) is 6.07 Å². The summed E-state index contributed by atoms with van der Waals surface area (Å²) < 4.78 is 5.05. The Morgan fingerprint density at radius 1 is 1.50 bits per heavy atom. The summed E-state index contributed by atoms with van der Waals surface area (Å²) in [5.74, 6) is 6.07. The molecule has 16 heavy (non-hydrogen) atoms. The highest BCUT2D eigenvalue weighted by atomic mass is 32.1. The maximum atomic E-state index is 5.54. The molecule has 2 rings (SSSR count). The summed E-state index contributed by atoms with van der Waals surface area (Å²) in [5, 5.41) is 2.00. The van der Waals surface area contributed by atoms with Gasteiger partial charge >= 0.3 is 0 Å². The Kier molecular flexibility index (Phi) is 3.45. The lowest BCUT2D eigenvalue weighted by Crippen LogP contribution is -2.28. The Morgan fingerprint density at radius 3 is 3.00 bits per heavy atom. The van der Waals surface area contributed by atoms with Crippen molar-refractivity contribution in [3.63, 3.8) is 0 Å². The van der Waals surface area contributed by atoms with Gasteiger partial charge in [0, 0.05) is 10.9 Å². The van der Waals surface area contributed by atoms with Crippen LogP contribution in [0.5, 0.6) is 5.88 Å². The Labute approximate surface area is 97.3 Å². The van der Waals surface area contributed by atoms with Crippen LogP contribution in [0, 0.1) is 0 Å². The first-order valence-electron chi connectivity index (χ1n) is 4.70. The molecule has 0 bridgehead atoms. The molecular formula is C10H12N4OS. The molecule has 0 radical (unpaired) electrons. The third-order valence-electron chi connectivity index (χ3n) is 2.16. The molecule has 84 valence electrons. The minimum Gasteiger partial charge on any atom is -0.481 e. The predicted octanol–water partition coefficient (Wildman–Crippen LogP) is 1.10. The molecule has 2 heterocycles. The highest BCUT2D eigenvalue weighted by Crippen LogP contribution is 2.24. The SMILES string of the molecule is COc1cc(C(NN)c2cccs2)ncn1. The number of nitrogens with one attached hydrogen (secondary N) is 1. The van der Waals surface area contributed by atoms with Gasteiger partial charge in [0.1, 0.15) is 6.33 Å². The average molecular weight is 236 g/mol. The van der Waals surface area contributed by atoms with E-state index in [1.165, 1.54) is 6.33 Å². The number of thiophene rings is 1. The summed E-state index contributed by atoms with van der Waals surface area (Å²) in [5.41, 5.74) is 3.53. The second kappa shape index (κ2) is 5.02. The van der Waals surface area contributed by atoms with E-state index in [-0.39, 0.29) is 6.04 Å². The van der Waals surface area contributed by atoms with Gasteiger partial charge in [-0.2, -0.15) is 0 Å². The van der Waals surface area contributed by atoms with Crippen LogP contribution in [0.1, 0.15) is 16.6 Å². The second-order valence-electron chi connectivity index (χ2n) is 3.10. The predicted molar refractivity (Wildman–Crippen MR) is 62.1 cm³/mol. The lowest BCUT2D eigenvalue weighted by molar-refractivity contribution is 0.395. The van der Waals surface area contributed by atoms with E-state index in [4.69, 9.17) is 10.6 Å². The van der Waals surface area contributed by atoms with E-state index in [2.05, 4.69) is 15.4 Å². The number of nitrogens with two attached hydrogens (primary N) is 1. The molecule has 0 amide bonds. The molecule has 2 aromatic rings. The number of hydrogen-bond donors (Lipinski definition) is 2. The van der Waals surface area contributed by atoms with Crippen molar-refractivity contribution in [1.29, 1.82) is 0 Å².